The molecule has 240 valence electrons. The quantitative estimate of drug-likeness (QED) is 0.156. The summed E-state index contributed by atoms with van der Waals surface area (Å²) in [5, 5.41) is 2.27. The SMILES string of the molecule is [2H]C([2H])([2H])N1CN(c2[c-]c(C(C)(C)c3[c-]c4c(cc3)c3ccccc3n4-c3cc(-c4ccccc4C(C)C)ccn3)ccc2)c2ccccc21.[Pt+2]. The molecule has 0 unspecified atom stereocenters. The Morgan fingerprint density at radius 2 is 1.52 bits per heavy atom. The second-order valence-electron chi connectivity index (χ2n) is 13.2. The Balaban J connectivity index is 0.00000406. The molecule has 0 radical (unpaired) electrons. The molecule has 4 nitrogen and oxygen atoms in total. The van der Waals surface area contributed by atoms with Crippen molar-refractivity contribution in [2.75, 3.05) is 23.4 Å². The third kappa shape index (κ3) is 5.24. The first-order valence-corrected chi connectivity index (χ1v) is 16.2. The Morgan fingerprint density at radius 1 is 0.771 bits per heavy atom. The summed E-state index contributed by atoms with van der Waals surface area (Å²) < 4.78 is 26.7. The van der Waals surface area contributed by atoms with Crippen LogP contribution in [0.4, 0.5) is 17.1 Å². The van der Waals surface area contributed by atoms with Gasteiger partial charge in [0.2, 0.25) is 0 Å². The molecule has 7 aromatic rings. The second-order valence-corrected chi connectivity index (χ2v) is 13.2. The van der Waals surface area contributed by atoms with Gasteiger partial charge >= 0.3 is 21.1 Å². The van der Waals surface area contributed by atoms with Gasteiger partial charge in [-0.05, 0) is 63.7 Å². The summed E-state index contributed by atoms with van der Waals surface area (Å²) in [6.07, 6.45) is 1.90. The van der Waals surface area contributed by atoms with Crippen molar-refractivity contribution in [1.29, 1.82) is 0 Å². The van der Waals surface area contributed by atoms with Gasteiger partial charge in [0.25, 0.3) is 0 Å². The Bertz CT molecular complexity index is 2390. The van der Waals surface area contributed by atoms with Crippen LogP contribution in [0.5, 0.6) is 0 Å². The van der Waals surface area contributed by atoms with E-state index in [2.05, 4.69) is 123 Å². The maximum Gasteiger partial charge on any atom is 2.00 e. The number of para-hydroxylation sites is 3. The molecule has 0 N–H and O–H groups in total. The molecule has 3 heterocycles. The number of benzene rings is 5. The molecule has 0 amide bonds. The molecule has 1 aliphatic rings. The van der Waals surface area contributed by atoms with Gasteiger partial charge in [0.05, 0.1) is 18.0 Å². The van der Waals surface area contributed by atoms with Gasteiger partial charge in [0.1, 0.15) is 5.82 Å². The predicted octanol–water partition coefficient (Wildman–Crippen LogP) is 10.4. The largest absolute Gasteiger partial charge is 2.00 e. The molecule has 5 aromatic carbocycles. The van der Waals surface area contributed by atoms with Crippen molar-refractivity contribution in [3.63, 3.8) is 0 Å². The fourth-order valence-corrected chi connectivity index (χ4v) is 7.01. The third-order valence-corrected chi connectivity index (χ3v) is 9.62. The van der Waals surface area contributed by atoms with Crippen LogP contribution in [-0.4, -0.2) is 23.2 Å². The van der Waals surface area contributed by atoms with Crippen LogP contribution in [0.2, 0.25) is 0 Å². The normalized spacial score (nSPS) is 14.1. The summed E-state index contributed by atoms with van der Waals surface area (Å²) in [6, 6.07) is 47.0. The van der Waals surface area contributed by atoms with E-state index in [-0.39, 0.29) is 27.7 Å². The van der Waals surface area contributed by atoms with Crippen molar-refractivity contribution in [3.05, 3.63) is 150 Å². The summed E-state index contributed by atoms with van der Waals surface area (Å²) in [5.74, 6) is 1.24. The number of nitrogens with zero attached hydrogens (tertiary/aromatic N) is 4. The van der Waals surface area contributed by atoms with Gasteiger partial charge in [-0.1, -0.05) is 93.5 Å². The molecule has 48 heavy (non-hydrogen) atoms. The third-order valence-electron chi connectivity index (χ3n) is 9.62. The molecule has 0 saturated carbocycles. The maximum atomic E-state index is 8.15. The summed E-state index contributed by atoms with van der Waals surface area (Å²) in [7, 11) is 0. The van der Waals surface area contributed by atoms with Gasteiger partial charge < -0.3 is 14.4 Å². The Hall–Kier alpha value is -4.66. The molecule has 1 aliphatic heterocycles. The van der Waals surface area contributed by atoms with E-state index in [1.807, 2.05) is 47.5 Å². The zero-order valence-corrected chi connectivity index (χ0v) is 29.7. The van der Waals surface area contributed by atoms with E-state index >= 15 is 0 Å². The number of hydrogen-bond donors (Lipinski definition) is 0. The Labute approximate surface area is 302 Å². The summed E-state index contributed by atoms with van der Waals surface area (Å²) >= 11 is 0. The summed E-state index contributed by atoms with van der Waals surface area (Å²) in [4.78, 5) is 8.42. The Morgan fingerprint density at radius 3 is 2.35 bits per heavy atom. The maximum absolute atomic E-state index is 8.15. The minimum atomic E-state index is -2.25. The fraction of sp³-hybridized carbons (Fsp3) is 0.186. The second kappa shape index (κ2) is 12.4. The molecule has 0 bridgehead atoms. The zero-order chi connectivity index (χ0) is 34.8. The van der Waals surface area contributed by atoms with Crippen LogP contribution in [-0.2, 0) is 26.5 Å². The van der Waals surface area contributed by atoms with Crippen molar-refractivity contribution in [1.82, 2.24) is 9.55 Å². The summed E-state index contributed by atoms with van der Waals surface area (Å²) in [5.41, 5.74) is 9.63. The van der Waals surface area contributed by atoms with Gasteiger partial charge in [-0.3, -0.25) is 0 Å². The average Bonchev–Trinajstić information content (AvgIpc) is 3.68. The number of rotatable bonds is 6. The first-order valence-electron chi connectivity index (χ1n) is 17.7. The van der Waals surface area contributed by atoms with Crippen molar-refractivity contribution in [2.24, 2.45) is 0 Å². The average molecular weight is 809 g/mol. The van der Waals surface area contributed by atoms with Crippen molar-refractivity contribution in [2.45, 2.75) is 39.0 Å². The number of fused-ring (bicyclic) bond motifs is 4. The van der Waals surface area contributed by atoms with Crippen LogP contribution in [0, 0.1) is 12.1 Å². The van der Waals surface area contributed by atoms with Crippen LogP contribution in [0.1, 0.15) is 54.4 Å². The van der Waals surface area contributed by atoms with Crippen LogP contribution < -0.4 is 9.80 Å². The van der Waals surface area contributed by atoms with Crippen LogP contribution in [0.25, 0.3) is 38.8 Å². The molecule has 5 heteroatoms. The smallest absolute Gasteiger partial charge is 0.355 e. The molecular weight excluding hydrogens is 768 g/mol. The molecule has 0 atom stereocenters. The number of aromatic nitrogens is 2. The van der Waals surface area contributed by atoms with Gasteiger partial charge in [-0.15, -0.1) is 11.5 Å². The van der Waals surface area contributed by atoms with Crippen LogP contribution >= 0.6 is 0 Å². The van der Waals surface area contributed by atoms with Gasteiger partial charge in [0, 0.05) is 22.8 Å². The van der Waals surface area contributed by atoms with Crippen molar-refractivity contribution < 1.29 is 25.2 Å². The molecule has 0 spiro atoms. The van der Waals surface area contributed by atoms with Gasteiger partial charge in [-0.25, -0.2) is 4.98 Å². The Kier molecular flexibility index (Phi) is 7.34. The fourth-order valence-electron chi connectivity index (χ4n) is 7.01. The van der Waals surface area contributed by atoms with E-state index in [0.29, 0.717) is 11.6 Å². The standard InChI is InChI=1S/C43H38N4.Pt/c1-29(2)34-15-6-7-16-35(34)30-23-24-44-42(25-30)47-38-18-9-8-17-36(38)37-22-21-32(27-41(37)47)43(3,4)31-13-12-14-33(26-31)46-28-45(5)39-19-10-11-20-40(39)46;/h6-25,29H,28H2,1-5H3;/q-2;+2/i5D3;. The molecule has 2 aromatic heterocycles. The van der Waals surface area contributed by atoms with E-state index in [1.54, 1.807) is 0 Å². The molecule has 0 saturated heterocycles. The van der Waals surface area contributed by atoms with Crippen molar-refractivity contribution >= 4 is 38.9 Å². The molecule has 0 fully saturated rings. The van der Waals surface area contributed by atoms with E-state index < -0.39 is 12.4 Å². The van der Waals surface area contributed by atoms with Gasteiger partial charge in [0.15, 0.2) is 0 Å². The monoisotopic (exact) mass is 808 g/mol. The first kappa shape index (κ1) is 28.4. The van der Waals surface area contributed by atoms with Crippen LogP contribution in [0.15, 0.2) is 121 Å². The molecule has 0 aliphatic carbocycles. The minimum Gasteiger partial charge on any atom is -0.355 e. The van der Waals surface area contributed by atoms with E-state index in [1.165, 1.54) is 16.0 Å². The van der Waals surface area contributed by atoms with E-state index in [9.17, 15) is 0 Å². The first-order chi connectivity index (χ1) is 24.0. The van der Waals surface area contributed by atoms with Crippen molar-refractivity contribution in [3.8, 4) is 16.9 Å². The van der Waals surface area contributed by atoms with Crippen LogP contribution in [0.3, 0.4) is 0 Å². The topological polar surface area (TPSA) is 24.3 Å². The predicted molar refractivity (Wildman–Crippen MR) is 196 cm³/mol. The van der Waals surface area contributed by atoms with Gasteiger partial charge in [-0.2, -0.15) is 47.5 Å². The van der Waals surface area contributed by atoms with E-state index in [0.717, 1.165) is 55.7 Å². The number of pyridine rings is 1. The molecular formula is C43H38N4Pt. The minimum absolute atomic E-state index is 0. The number of anilines is 3. The molecule has 8 rings (SSSR count). The summed E-state index contributed by atoms with van der Waals surface area (Å²) in [6.45, 7) is 6.83. The number of hydrogen-bond acceptors (Lipinski definition) is 3. The zero-order valence-electron chi connectivity index (χ0n) is 30.4. The van der Waals surface area contributed by atoms with E-state index in [4.69, 9.17) is 9.10 Å².